The summed E-state index contributed by atoms with van der Waals surface area (Å²) in [6.07, 6.45) is 0.642. The Morgan fingerprint density at radius 2 is 2.27 bits per heavy atom. The SMILES string of the molecule is COc1cc(CC(Br)C(C)=O)ccc1Cl. The van der Waals surface area contributed by atoms with E-state index < -0.39 is 0 Å². The Balaban J connectivity index is 2.83. The molecule has 0 saturated heterocycles. The summed E-state index contributed by atoms with van der Waals surface area (Å²) in [5, 5.41) is 0.579. The van der Waals surface area contributed by atoms with Crippen LogP contribution in [0.1, 0.15) is 12.5 Å². The molecule has 0 radical (unpaired) electrons. The summed E-state index contributed by atoms with van der Waals surface area (Å²) in [4.78, 5) is 10.9. The van der Waals surface area contributed by atoms with Gasteiger partial charge in [-0.1, -0.05) is 33.6 Å². The summed E-state index contributed by atoms with van der Waals surface area (Å²) >= 11 is 9.21. The van der Waals surface area contributed by atoms with Crippen molar-refractivity contribution in [3.8, 4) is 5.75 Å². The van der Waals surface area contributed by atoms with Gasteiger partial charge >= 0.3 is 0 Å². The predicted molar refractivity (Wildman–Crippen MR) is 65.1 cm³/mol. The van der Waals surface area contributed by atoms with Crippen molar-refractivity contribution in [1.29, 1.82) is 0 Å². The Bertz CT molecular complexity index is 366. The number of halogens is 2. The van der Waals surface area contributed by atoms with Crippen LogP contribution in [0.15, 0.2) is 18.2 Å². The molecule has 0 spiro atoms. The van der Waals surface area contributed by atoms with Crippen LogP contribution >= 0.6 is 27.5 Å². The number of benzene rings is 1. The highest BCUT2D eigenvalue weighted by Crippen LogP contribution is 2.26. The van der Waals surface area contributed by atoms with E-state index >= 15 is 0 Å². The Kier molecular flexibility index (Phi) is 4.61. The van der Waals surface area contributed by atoms with Crippen molar-refractivity contribution in [2.75, 3.05) is 7.11 Å². The number of carbonyl (C=O) groups excluding carboxylic acids is 1. The Hall–Kier alpha value is -0.540. The highest BCUT2D eigenvalue weighted by atomic mass is 79.9. The molecule has 1 atom stereocenters. The van der Waals surface area contributed by atoms with Gasteiger partial charge in [-0.2, -0.15) is 0 Å². The van der Waals surface area contributed by atoms with Crippen molar-refractivity contribution in [3.05, 3.63) is 28.8 Å². The summed E-state index contributed by atoms with van der Waals surface area (Å²) in [7, 11) is 1.57. The van der Waals surface area contributed by atoms with Crippen molar-refractivity contribution in [2.24, 2.45) is 0 Å². The van der Waals surface area contributed by atoms with Gasteiger partial charge < -0.3 is 4.74 Å². The van der Waals surface area contributed by atoms with E-state index in [2.05, 4.69) is 15.9 Å². The lowest BCUT2D eigenvalue weighted by Crippen LogP contribution is -2.12. The van der Waals surface area contributed by atoms with Gasteiger partial charge in [0, 0.05) is 0 Å². The van der Waals surface area contributed by atoms with Crippen LogP contribution in [0.25, 0.3) is 0 Å². The van der Waals surface area contributed by atoms with Crippen LogP contribution < -0.4 is 4.74 Å². The molecule has 0 aliphatic heterocycles. The average Bonchev–Trinajstić information content (AvgIpc) is 2.20. The van der Waals surface area contributed by atoms with E-state index in [0.717, 1.165) is 5.56 Å². The molecule has 0 fully saturated rings. The molecule has 0 aliphatic carbocycles. The molecule has 1 unspecified atom stereocenters. The average molecular weight is 292 g/mol. The highest BCUT2D eigenvalue weighted by molar-refractivity contribution is 9.10. The van der Waals surface area contributed by atoms with Crippen LogP contribution in [0.4, 0.5) is 0 Å². The van der Waals surface area contributed by atoms with Crippen molar-refractivity contribution in [3.63, 3.8) is 0 Å². The zero-order chi connectivity index (χ0) is 11.4. The number of hydrogen-bond acceptors (Lipinski definition) is 2. The summed E-state index contributed by atoms with van der Waals surface area (Å²) in [6, 6.07) is 5.51. The lowest BCUT2D eigenvalue weighted by molar-refractivity contribution is -0.116. The second-order valence-electron chi connectivity index (χ2n) is 3.25. The fourth-order valence-corrected chi connectivity index (χ4v) is 1.75. The second kappa shape index (κ2) is 5.52. The lowest BCUT2D eigenvalue weighted by atomic mass is 10.1. The van der Waals surface area contributed by atoms with E-state index in [1.807, 2.05) is 12.1 Å². The van der Waals surface area contributed by atoms with Crippen molar-refractivity contribution in [2.45, 2.75) is 18.2 Å². The Morgan fingerprint density at radius 3 is 2.80 bits per heavy atom. The number of ether oxygens (including phenoxy) is 1. The van der Waals surface area contributed by atoms with E-state index in [9.17, 15) is 4.79 Å². The minimum Gasteiger partial charge on any atom is -0.495 e. The van der Waals surface area contributed by atoms with Crippen molar-refractivity contribution >= 4 is 33.3 Å². The normalized spacial score (nSPS) is 12.3. The molecular weight excluding hydrogens is 279 g/mol. The first-order valence-corrected chi connectivity index (χ1v) is 5.81. The van der Waals surface area contributed by atoms with Gasteiger partial charge in [0.15, 0.2) is 0 Å². The van der Waals surface area contributed by atoms with Crippen LogP contribution in [-0.4, -0.2) is 17.7 Å². The molecule has 82 valence electrons. The minimum absolute atomic E-state index is 0.115. The first-order valence-electron chi connectivity index (χ1n) is 4.51. The molecule has 0 aromatic heterocycles. The molecule has 1 aromatic rings. The highest BCUT2D eigenvalue weighted by Gasteiger charge is 2.11. The zero-order valence-corrected chi connectivity index (χ0v) is 10.9. The number of alkyl halides is 1. The molecule has 0 aliphatic rings. The van der Waals surface area contributed by atoms with Gasteiger partial charge in [0.25, 0.3) is 0 Å². The third-order valence-electron chi connectivity index (χ3n) is 2.07. The number of ketones is 1. The van der Waals surface area contributed by atoms with E-state index in [-0.39, 0.29) is 10.6 Å². The molecule has 0 heterocycles. The van der Waals surface area contributed by atoms with Crippen molar-refractivity contribution < 1.29 is 9.53 Å². The lowest BCUT2D eigenvalue weighted by Gasteiger charge is -2.08. The number of hydrogen-bond donors (Lipinski definition) is 0. The summed E-state index contributed by atoms with van der Waals surface area (Å²) in [5.41, 5.74) is 1.02. The number of methoxy groups -OCH3 is 1. The van der Waals surface area contributed by atoms with E-state index in [0.29, 0.717) is 17.2 Å². The number of Topliss-reactive ketones (excluding diaryl/α,β-unsaturated/α-hetero) is 1. The third-order valence-corrected chi connectivity index (χ3v) is 3.35. The quantitative estimate of drug-likeness (QED) is 0.796. The van der Waals surface area contributed by atoms with Crippen LogP contribution in [0.5, 0.6) is 5.75 Å². The molecule has 2 nitrogen and oxygen atoms in total. The molecule has 15 heavy (non-hydrogen) atoms. The summed E-state index contributed by atoms with van der Waals surface area (Å²) in [5.74, 6) is 0.751. The van der Waals surface area contributed by atoms with E-state index in [4.69, 9.17) is 16.3 Å². The fraction of sp³-hybridized carbons (Fsp3) is 0.364. The fourth-order valence-electron chi connectivity index (χ4n) is 1.18. The largest absolute Gasteiger partial charge is 0.495 e. The Labute approximate surface area is 103 Å². The summed E-state index contributed by atoms with van der Waals surface area (Å²) in [6.45, 7) is 1.56. The van der Waals surface area contributed by atoms with Crippen LogP contribution in [-0.2, 0) is 11.2 Å². The molecule has 0 bridgehead atoms. The zero-order valence-electron chi connectivity index (χ0n) is 8.59. The van der Waals surface area contributed by atoms with Crippen LogP contribution in [0.3, 0.4) is 0 Å². The van der Waals surface area contributed by atoms with Gasteiger partial charge in [-0.25, -0.2) is 0 Å². The Morgan fingerprint density at radius 1 is 1.60 bits per heavy atom. The first kappa shape index (κ1) is 12.5. The number of rotatable bonds is 4. The maximum Gasteiger partial charge on any atom is 0.143 e. The van der Waals surface area contributed by atoms with Gasteiger partial charge in [-0.05, 0) is 31.0 Å². The minimum atomic E-state index is -0.150. The molecule has 0 saturated carbocycles. The van der Waals surface area contributed by atoms with Gasteiger partial charge in [-0.15, -0.1) is 0 Å². The monoisotopic (exact) mass is 290 g/mol. The number of carbonyl (C=O) groups is 1. The van der Waals surface area contributed by atoms with Crippen molar-refractivity contribution in [1.82, 2.24) is 0 Å². The topological polar surface area (TPSA) is 26.3 Å². The standard InChI is InChI=1S/C11H12BrClO2/c1-7(14)9(12)5-8-3-4-10(13)11(6-8)15-2/h3-4,6,9H,5H2,1-2H3. The third kappa shape index (κ3) is 3.50. The van der Waals surface area contributed by atoms with Crippen LogP contribution in [0.2, 0.25) is 5.02 Å². The van der Waals surface area contributed by atoms with Gasteiger partial charge in [-0.3, -0.25) is 4.79 Å². The molecule has 0 N–H and O–H groups in total. The second-order valence-corrected chi connectivity index (χ2v) is 4.76. The molecule has 1 aromatic carbocycles. The van der Waals surface area contributed by atoms with Gasteiger partial charge in [0.1, 0.15) is 11.5 Å². The van der Waals surface area contributed by atoms with Gasteiger partial charge in [0.05, 0.1) is 17.0 Å². The van der Waals surface area contributed by atoms with E-state index in [1.54, 1.807) is 20.1 Å². The molecule has 4 heteroatoms. The van der Waals surface area contributed by atoms with E-state index in [1.165, 1.54) is 0 Å². The molecular formula is C11H12BrClO2. The predicted octanol–water partition coefficient (Wildman–Crippen LogP) is 3.24. The van der Waals surface area contributed by atoms with Crippen LogP contribution in [0, 0.1) is 0 Å². The summed E-state index contributed by atoms with van der Waals surface area (Å²) < 4.78 is 5.10. The molecule has 1 rings (SSSR count). The smallest absolute Gasteiger partial charge is 0.143 e. The maximum absolute atomic E-state index is 11.1. The maximum atomic E-state index is 11.1. The first-order chi connectivity index (χ1) is 7.04. The van der Waals surface area contributed by atoms with Gasteiger partial charge in [0.2, 0.25) is 0 Å². The molecule has 0 amide bonds.